The number of carbonyl (C=O) groups is 1. The van der Waals surface area contributed by atoms with Crippen LogP contribution in [0, 0.1) is 0 Å². The third-order valence-corrected chi connectivity index (χ3v) is 2.80. The molecule has 112 valence electrons. The van der Waals surface area contributed by atoms with Gasteiger partial charge in [0.25, 0.3) is 0 Å². The molecule has 4 heteroatoms. The lowest BCUT2D eigenvalue weighted by molar-refractivity contribution is 0.191. The van der Waals surface area contributed by atoms with E-state index in [2.05, 4.69) is 5.32 Å². The topological polar surface area (TPSA) is 47.6 Å². The quantitative estimate of drug-likeness (QED) is 0.923. The van der Waals surface area contributed by atoms with E-state index in [4.69, 9.17) is 9.47 Å². The Bertz CT molecular complexity index is 644. The minimum absolute atomic E-state index is 0.335. The zero-order chi connectivity index (χ0) is 15.5. The fraction of sp³-hybridized carbons (Fsp3) is 0.353. The van der Waals surface area contributed by atoms with Gasteiger partial charge in [-0.3, -0.25) is 0 Å². The normalized spacial score (nSPS) is 11.2. The van der Waals surface area contributed by atoms with Gasteiger partial charge in [-0.2, -0.15) is 0 Å². The smallest absolute Gasteiger partial charge is 0.413 e. The van der Waals surface area contributed by atoms with Crippen LogP contribution >= 0.6 is 0 Å². The van der Waals surface area contributed by atoms with Gasteiger partial charge in [0.2, 0.25) is 0 Å². The highest BCUT2D eigenvalue weighted by Crippen LogP contribution is 2.29. The zero-order valence-corrected chi connectivity index (χ0v) is 12.9. The van der Waals surface area contributed by atoms with Crippen LogP contribution in [-0.2, 0) is 0 Å². The van der Waals surface area contributed by atoms with Crippen LogP contribution in [0.1, 0.15) is 27.7 Å². The van der Waals surface area contributed by atoms with E-state index in [-0.39, 0.29) is 5.54 Å². The molecular formula is C17H21NO3. The molecule has 2 aromatic carbocycles. The van der Waals surface area contributed by atoms with Gasteiger partial charge in [-0.15, -0.1) is 0 Å². The summed E-state index contributed by atoms with van der Waals surface area (Å²) >= 11 is 0. The van der Waals surface area contributed by atoms with Crippen LogP contribution in [0.4, 0.5) is 4.79 Å². The first-order chi connectivity index (χ1) is 9.89. The van der Waals surface area contributed by atoms with Crippen molar-refractivity contribution in [1.29, 1.82) is 0 Å². The summed E-state index contributed by atoms with van der Waals surface area (Å²) in [7, 11) is 0. The Balaban J connectivity index is 2.30. The van der Waals surface area contributed by atoms with Gasteiger partial charge in [-0.1, -0.05) is 18.2 Å². The fourth-order valence-corrected chi connectivity index (χ4v) is 2.00. The van der Waals surface area contributed by atoms with E-state index in [1.165, 1.54) is 0 Å². The molecule has 21 heavy (non-hydrogen) atoms. The molecule has 0 fully saturated rings. The number of benzene rings is 2. The van der Waals surface area contributed by atoms with Gasteiger partial charge in [0.05, 0.1) is 6.61 Å². The van der Waals surface area contributed by atoms with Crippen LogP contribution in [0.15, 0.2) is 36.4 Å². The van der Waals surface area contributed by atoms with Crippen LogP contribution < -0.4 is 14.8 Å². The van der Waals surface area contributed by atoms with Gasteiger partial charge in [0.1, 0.15) is 11.5 Å². The van der Waals surface area contributed by atoms with Crippen molar-refractivity contribution in [2.75, 3.05) is 6.61 Å². The number of amides is 1. The molecule has 0 unspecified atom stereocenters. The van der Waals surface area contributed by atoms with Crippen LogP contribution in [0.2, 0.25) is 0 Å². The third kappa shape index (κ3) is 4.12. The highest BCUT2D eigenvalue weighted by Gasteiger charge is 2.16. The SMILES string of the molecule is CCOc1ccc2cccc(OC(=O)NC(C)(C)C)c2c1. The molecule has 1 amide bonds. The molecule has 1 N–H and O–H groups in total. The predicted molar refractivity (Wildman–Crippen MR) is 84.0 cm³/mol. The van der Waals surface area contributed by atoms with Crippen molar-refractivity contribution in [3.8, 4) is 11.5 Å². The van der Waals surface area contributed by atoms with Gasteiger partial charge < -0.3 is 14.8 Å². The lowest BCUT2D eigenvalue weighted by Crippen LogP contribution is -2.42. The average molecular weight is 287 g/mol. The second kappa shape index (κ2) is 6.04. The largest absolute Gasteiger partial charge is 0.494 e. The number of nitrogens with one attached hydrogen (secondary N) is 1. The summed E-state index contributed by atoms with van der Waals surface area (Å²) in [6, 6.07) is 11.4. The first-order valence-electron chi connectivity index (χ1n) is 7.04. The minimum atomic E-state index is -0.461. The molecule has 0 radical (unpaired) electrons. The lowest BCUT2D eigenvalue weighted by atomic mass is 10.1. The van der Waals surface area contributed by atoms with Crippen molar-refractivity contribution >= 4 is 16.9 Å². The Kier molecular flexibility index (Phi) is 4.36. The molecule has 0 spiro atoms. The summed E-state index contributed by atoms with van der Waals surface area (Å²) in [6.45, 7) is 8.25. The molecule has 0 aliphatic heterocycles. The first kappa shape index (κ1) is 15.2. The van der Waals surface area contributed by atoms with Crippen LogP contribution in [0.3, 0.4) is 0 Å². The molecule has 4 nitrogen and oxygen atoms in total. The fourth-order valence-electron chi connectivity index (χ4n) is 2.00. The van der Waals surface area contributed by atoms with Crippen molar-refractivity contribution in [2.45, 2.75) is 33.2 Å². The number of hydrogen-bond donors (Lipinski definition) is 1. The molecule has 0 saturated heterocycles. The molecule has 0 aromatic heterocycles. The van der Waals surface area contributed by atoms with Crippen molar-refractivity contribution in [3.63, 3.8) is 0 Å². The summed E-state index contributed by atoms with van der Waals surface area (Å²) in [4.78, 5) is 11.9. The Morgan fingerprint density at radius 1 is 1.19 bits per heavy atom. The molecule has 0 saturated carbocycles. The number of rotatable bonds is 3. The standard InChI is InChI=1S/C17H21NO3/c1-5-20-13-10-9-12-7-6-8-15(14(12)11-13)21-16(19)18-17(2,3)4/h6-11H,5H2,1-4H3,(H,18,19). The van der Waals surface area contributed by atoms with Crippen molar-refractivity contribution in [3.05, 3.63) is 36.4 Å². The molecule has 0 heterocycles. The molecular weight excluding hydrogens is 266 g/mol. The predicted octanol–water partition coefficient (Wildman–Crippen LogP) is 4.13. The summed E-state index contributed by atoms with van der Waals surface area (Å²) in [5.74, 6) is 1.29. The number of ether oxygens (including phenoxy) is 2. The highest BCUT2D eigenvalue weighted by molar-refractivity contribution is 5.91. The van der Waals surface area contributed by atoms with E-state index in [0.717, 1.165) is 16.5 Å². The number of carbonyl (C=O) groups excluding carboxylic acids is 1. The van der Waals surface area contributed by atoms with Crippen LogP contribution in [0.25, 0.3) is 10.8 Å². The maximum atomic E-state index is 11.9. The number of hydrogen-bond acceptors (Lipinski definition) is 3. The van der Waals surface area contributed by atoms with Gasteiger partial charge in [-0.05, 0) is 51.3 Å². The summed E-state index contributed by atoms with van der Waals surface area (Å²) < 4.78 is 10.9. The van der Waals surface area contributed by atoms with Crippen LogP contribution in [0.5, 0.6) is 11.5 Å². The molecule has 0 bridgehead atoms. The van der Waals surface area contributed by atoms with Gasteiger partial charge in [0, 0.05) is 10.9 Å². The van der Waals surface area contributed by atoms with Gasteiger partial charge in [-0.25, -0.2) is 4.79 Å². The van der Waals surface area contributed by atoms with E-state index < -0.39 is 6.09 Å². The summed E-state index contributed by atoms with van der Waals surface area (Å²) in [6.07, 6.45) is -0.461. The summed E-state index contributed by atoms with van der Waals surface area (Å²) in [5, 5.41) is 4.63. The minimum Gasteiger partial charge on any atom is -0.494 e. The van der Waals surface area contributed by atoms with Gasteiger partial charge >= 0.3 is 6.09 Å². The Morgan fingerprint density at radius 3 is 2.62 bits per heavy atom. The van der Waals surface area contributed by atoms with Crippen molar-refractivity contribution in [2.24, 2.45) is 0 Å². The molecule has 0 aliphatic carbocycles. The first-order valence-corrected chi connectivity index (χ1v) is 7.04. The third-order valence-electron chi connectivity index (χ3n) is 2.80. The van der Waals surface area contributed by atoms with Crippen molar-refractivity contribution in [1.82, 2.24) is 5.32 Å². The Labute approximate surface area is 125 Å². The van der Waals surface area contributed by atoms with E-state index in [1.54, 1.807) is 6.07 Å². The molecule has 2 rings (SSSR count). The average Bonchev–Trinajstić information content (AvgIpc) is 2.37. The Morgan fingerprint density at radius 2 is 1.95 bits per heavy atom. The Hall–Kier alpha value is -2.23. The molecule has 0 aliphatic rings. The van der Waals surface area contributed by atoms with Crippen molar-refractivity contribution < 1.29 is 14.3 Å². The van der Waals surface area contributed by atoms with Gasteiger partial charge in [0.15, 0.2) is 0 Å². The maximum absolute atomic E-state index is 11.9. The zero-order valence-electron chi connectivity index (χ0n) is 12.9. The van der Waals surface area contributed by atoms with Crippen LogP contribution in [-0.4, -0.2) is 18.2 Å². The highest BCUT2D eigenvalue weighted by atomic mass is 16.6. The monoisotopic (exact) mass is 287 g/mol. The second-order valence-electron chi connectivity index (χ2n) is 5.84. The van der Waals surface area contributed by atoms with E-state index in [0.29, 0.717) is 12.4 Å². The number of fused-ring (bicyclic) bond motifs is 1. The summed E-state index contributed by atoms with van der Waals surface area (Å²) in [5.41, 5.74) is -0.335. The van der Waals surface area contributed by atoms with E-state index in [9.17, 15) is 4.79 Å². The maximum Gasteiger partial charge on any atom is 0.413 e. The molecule has 0 atom stereocenters. The lowest BCUT2D eigenvalue weighted by Gasteiger charge is -2.20. The van der Waals surface area contributed by atoms with E-state index in [1.807, 2.05) is 58.0 Å². The van der Waals surface area contributed by atoms with E-state index >= 15 is 0 Å². The second-order valence-corrected chi connectivity index (χ2v) is 5.84. The molecule has 2 aromatic rings.